The number of benzene rings is 1. The Balaban J connectivity index is 1.94. The highest BCUT2D eigenvalue weighted by molar-refractivity contribution is 5.94. The van der Waals surface area contributed by atoms with Gasteiger partial charge in [-0.2, -0.15) is 5.10 Å². The summed E-state index contributed by atoms with van der Waals surface area (Å²) in [5.74, 6) is -0.462. The van der Waals surface area contributed by atoms with E-state index in [2.05, 4.69) is 21.3 Å². The normalized spacial score (nSPS) is 14.5. The molecule has 0 atom stereocenters. The zero-order valence-electron chi connectivity index (χ0n) is 10.1. The van der Waals surface area contributed by atoms with E-state index < -0.39 is 17.9 Å². The van der Waals surface area contributed by atoms with Gasteiger partial charge in [0.05, 0.1) is 12.3 Å². The van der Waals surface area contributed by atoms with Crippen LogP contribution in [0.3, 0.4) is 0 Å². The van der Waals surface area contributed by atoms with E-state index in [4.69, 9.17) is 0 Å². The van der Waals surface area contributed by atoms with Crippen LogP contribution in [0.25, 0.3) is 0 Å². The molecule has 100 valence electrons. The van der Waals surface area contributed by atoms with E-state index in [9.17, 15) is 14.0 Å². The van der Waals surface area contributed by atoms with Gasteiger partial charge in [0.25, 0.3) is 0 Å². The lowest BCUT2D eigenvalue weighted by Gasteiger charge is -2.25. The van der Waals surface area contributed by atoms with Crippen molar-refractivity contribution >= 4 is 23.5 Å². The van der Waals surface area contributed by atoms with Crippen molar-refractivity contribution in [2.45, 2.75) is 6.92 Å². The average Bonchev–Trinajstić information content (AvgIpc) is 2.34. The molecule has 0 radical (unpaired) electrons. The molecule has 0 unspecified atom stereocenters. The molecular formula is C11H12FN5O2. The molecule has 1 aliphatic heterocycles. The molecule has 7 nitrogen and oxygen atoms in total. The van der Waals surface area contributed by atoms with Gasteiger partial charge in [0.15, 0.2) is 0 Å². The van der Waals surface area contributed by atoms with Crippen molar-refractivity contribution in [3.63, 3.8) is 0 Å². The van der Waals surface area contributed by atoms with Gasteiger partial charge in [0.1, 0.15) is 5.82 Å². The van der Waals surface area contributed by atoms with E-state index in [1.54, 1.807) is 6.92 Å². The molecule has 0 aliphatic carbocycles. The van der Waals surface area contributed by atoms with E-state index in [-0.39, 0.29) is 6.54 Å². The molecule has 0 spiro atoms. The fraction of sp³-hybridized carbons (Fsp3) is 0.182. The number of nitrogens with zero attached hydrogens (tertiary/aromatic N) is 2. The maximum atomic E-state index is 12.9. The topological polar surface area (TPSA) is 85.8 Å². The molecule has 1 aromatic carbocycles. The molecule has 0 fully saturated rings. The predicted molar refractivity (Wildman–Crippen MR) is 66.9 cm³/mol. The van der Waals surface area contributed by atoms with Gasteiger partial charge >= 0.3 is 12.1 Å². The second-order valence-corrected chi connectivity index (χ2v) is 3.93. The van der Waals surface area contributed by atoms with Crippen LogP contribution in [0.2, 0.25) is 0 Å². The van der Waals surface area contributed by atoms with Crippen molar-refractivity contribution in [1.82, 2.24) is 15.9 Å². The highest BCUT2D eigenvalue weighted by atomic mass is 19.1. The van der Waals surface area contributed by atoms with Gasteiger partial charge in [-0.1, -0.05) is 6.07 Å². The summed E-state index contributed by atoms with van der Waals surface area (Å²) in [5.41, 5.74) is 5.50. The number of carbonyl (C=O) groups excluding carboxylic acids is 2. The number of hydrazine groups is 1. The number of hydrogen-bond donors (Lipinski definition) is 3. The van der Waals surface area contributed by atoms with Gasteiger partial charge in [-0.25, -0.2) is 29.8 Å². The lowest BCUT2D eigenvalue weighted by Crippen LogP contribution is -2.55. The fourth-order valence-corrected chi connectivity index (χ4v) is 1.48. The molecule has 1 aliphatic rings. The van der Waals surface area contributed by atoms with Crippen LogP contribution in [0.4, 0.5) is 19.7 Å². The Morgan fingerprint density at radius 2 is 2.32 bits per heavy atom. The molecular weight excluding hydrogens is 253 g/mol. The summed E-state index contributed by atoms with van der Waals surface area (Å²) in [5, 5.41) is 7.20. The molecule has 1 heterocycles. The lowest BCUT2D eigenvalue weighted by molar-refractivity contribution is 0.177. The summed E-state index contributed by atoms with van der Waals surface area (Å²) in [7, 11) is 0. The third-order valence-electron chi connectivity index (χ3n) is 2.29. The molecule has 4 amide bonds. The van der Waals surface area contributed by atoms with Crippen LogP contribution in [-0.4, -0.2) is 29.3 Å². The number of carbonyl (C=O) groups is 2. The van der Waals surface area contributed by atoms with Gasteiger partial charge in [-0.05, 0) is 25.1 Å². The summed E-state index contributed by atoms with van der Waals surface area (Å²) < 4.78 is 12.9. The Hall–Kier alpha value is -2.64. The average molecular weight is 265 g/mol. The van der Waals surface area contributed by atoms with E-state index in [1.807, 2.05) is 0 Å². The van der Waals surface area contributed by atoms with Crippen LogP contribution < -0.4 is 16.2 Å². The third-order valence-corrected chi connectivity index (χ3v) is 2.29. The van der Waals surface area contributed by atoms with E-state index in [0.717, 1.165) is 5.01 Å². The fourth-order valence-electron chi connectivity index (χ4n) is 1.48. The Labute approximate surface area is 108 Å². The third kappa shape index (κ3) is 3.41. The lowest BCUT2D eigenvalue weighted by atomic mass is 10.3. The minimum atomic E-state index is -0.643. The zero-order chi connectivity index (χ0) is 13.8. The zero-order valence-corrected chi connectivity index (χ0v) is 10.1. The summed E-state index contributed by atoms with van der Waals surface area (Å²) in [4.78, 5) is 23.0. The van der Waals surface area contributed by atoms with Crippen molar-refractivity contribution < 1.29 is 14.0 Å². The number of rotatable bonds is 2. The van der Waals surface area contributed by atoms with Crippen LogP contribution in [0.15, 0.2) is 29.4 Å². The van der Waals surface area contributed by atoms with Crippen LogP contribution >= 0.6 is 0 Å². The van der Waals surface area contributed by atoms with Crippen LogP contribution in [0, 0.1) is 5.82 Å². The van der Waals surface area contributed by atoms with Gasteiger partial charge < -0.3 is 5.32 Å². The molecule has 3 N–H and O–H groups in total. The van der Waals surface area contributed by atoms with Gasteiger partial charge in [0.2, 0.25) is 0 Å². The molecule has 19 heavy (non-hydrogen) atoms. The maximum Gasteiger partial charge on any atom is 0.356 e. The number of halogens is 1. The quantitative estimate of drug-likeness (QED) is 0.752. The number of anilines is 1. The van der Waals surface area contributed by atoms with Crippen molar-refractivity contribution in [3.05, 3.63) is 30.1 Å². The van der Waals surface area contributed by atoms with Crippen molar-refractivity contribution in [1.29, 1.82) is 0 Å². The summed E-state index contributed by atoms with van der Waals surface area (Å²) in [6.07, 6.45) is 0. The Morgan fingerprint density at radius 3 is 3.05 bits per heavy atom. The van der Waals surface area contributed by atoms with Crippen LogP contribution in [-0.2, 0) is 0 Å². The Kier molecular flexibility index (Phi) is 3.60. The highest BCUT2D eigenvalue weighted by Crippen LogP contribution is 2.08. The SMILES string of the molecule is CC1=NNC(=O)N(NC(=O)Nc2cccc(F)c2)C1. The first kappa shape index (κ1) is 12.8. The van der Waals surface area contributed by atoms with Gasteiger partial charge in [-0.15, -0.1) is 0 Å². The van der Waals surface area contributed by atoms with Crippen molar-refractivity contribution in [2.24, 2.45) is 5.10 Å². The highest BCUT2D eigenvalue weighted by Gasteiger charge is 2.20. The Bertz CT molecular complexity index is 546. The number of nitrogens with one attached hydrogen (secondary N) is 3. The minimum Gasteiger partial charge on any atom is -0.306 e. The molecule has 0 saturated carbocycles. The molecule has 0 saturated heterocycles. The first-order valence-electron chi connectivity index (χ1n) is 5.48. The molecule has 0 bridgehead atoms. The summed E-state index contributed by atoms with van der Waals surface area (Å²) in [6, 6.07) is 4.25. The summed E-state index contributed by atoms with van der Waals surface area (Å²) >= 11 is 0. The predicted octanol–water partition coefficient (Wildman–Crippen LogP) is 1.26. The maximum absolute atomic E-state index is 12.9. The van der Waals surface area contributed by atoms with Gasteiger partial charge in [0, 0.05) is 5.69 Å². The minimum absolute atomic E-state index is 0.183. The number of hydrogen-bond acceptors (Lipinski definition) is 3. The number of hydrazone groups is 1. The number of amides is 4. The van der Waals surface area contributed by atoms with Gasteiger partial charge in [-0.3, -0.25) is 0 Å². The van der Waals surface area contributed by atoms with Crippen molar-refractivity contribution in [2.75, 3.05) is 11.9 Å². The standard InChI is InChI=1S/C11H12FN5O2/c1-7-6-17(11(19)15-14-7)16-10(18)13-9-4-2-3-8(12)5-9/h2-5H,6H2,1H3,(H,15,19)(H2,13,16,18). The largest absolute Gasteiger partial charge is 0.356 e. The van der Waals surface area contributed by atoms with E-state index in [0.29, 0.717) is 11.4 Å². The Morgan fingerprint density at radius 1 is 1.53 bits per heavy atom. The smallest absolute Gasteiger partial charge is 0.306 e. The number of urea groups is 2. The summed E-state index contributed by atoms with van der Waals surface area (Å²) in [6.45, 7) is 1.89. The molecule has 0 aromatic heterocycles. The molecule has 8 heteroatoms. The van der Waals surface area contributed by atoms with E-state index in [1.165, 1.54) is 24.3 Å². The first-order valence-corrected chi connectivity index (χ1v) is 5.48. The van der Waals surface area contributed by atoms with Crippen LogP contribution in [0.1, 0.15) is 6.92 Å². The van der Waals surface area contributed by atoms with Crippen LogP contribution in [0.5, 0.6) is 0 Å². The van der Waals surface area contributed by atoms with Crippen molar-refractivity contribution in [3.8, 4) is 0 Å². The molecule has 1 aromatic rings. The monoisotopic (exact) mass is 265 g/mol. The second-order valence-electron chi connectivity index (χ2n) is 3.93. The second kappa shape index (κ2) is 5.34. The molecule has 2 rings (SSSR count). The first-order chi connectivity index (χ1) is 9.04. The van der Waals surface area contributed by atoms with E-state index >= 15 is 0 Å².